The van der Waals surface area contributed by atoms with Gasteiger partial charge in [-0.2, -0.15) is 4.39 Å². The maximum atomic E-state index is 13.1. The lowest BCUT2D eigenvalue weighted by Gasteiger charge is -2.12. The number of nitrogens with zero attached hydrogens (tertiary/aromatic N) is 1. The second kappa shape index (κ2) is 4.46. The van der Waals surface area contributed by atoms with E-state index >= 15 is 0 Å². The van der Waals surface area contributed by atoms with Crippen molar-refractivity contribution in [2.24, 2.45) is 0 Å². The number of pyridine rings is 1. The fraction of sp³-hybridized carbons (Fsp3) is 0.444. The zero-order chi connectivity index (χ0) is 9.84. The summed E-state index contributed by atoms with van der Waals surface area (Å²) in [5.41, 5.74) is 0. The van der Waals surface area contributed by atoms with Crippen LogP contribution >= 0.6 is 11.8 Å². The molecule has 1 aromatic rings. The van der Waals surface area contributed by atoms with Crippen LogP contribution in [-0.2, 0) is 0 Å². The van der Waals surface area contributed by atoms with Gasteiger partial charge in [0.15, 0.2) is 5.75 Å². The maximum Gasteiger partial charge on any atom is 0.256 e. The first kappa shape index (κ1) is 10.3. The molecule has 72 valence electrons. The molecule has 13 heavy (non-hydrogen) atoms. The van der Waals surface area contributed by atoms with Gasteiger partial charge in [-0.3, -0.25) is 0 Å². The van der Waals surface area contributed by atoms with Crippen molar-refractivity contribution in [1.29, 1.82) is 0 Å². The monoisotopic (exact) mass is 201 g/mol. The molecule has 0 spiro atoms. The molecule has 2 nitrogen and oxygen atoms in total. The maximum absolute atomic E-state index is 13.1. The van der Waals surface area contributed by atoms with Crippen LogP contribution in [0.3, 0.4) is 0 Å². The number of hydrogen-bond donors (Lipinski definition) is 0. The molecular weight excluding hydrogens is 189 g/mol. The molecule has 0 N–H and O–H groups in total. The Labute approximate surface area is 81.5 Å². The van der Waals surface area contributed by atoms with E-state index in [9.17, 15) is 4.39 Å². The summed E-state index contributed by atoms with van der Waals surface area (Å²) in [6.07, 6.45) is 3.28. The molecule has 0 aliphatic heterocycles. The summed E-state index contributed by atoms with van der Waals surface area (Å²) in [5.74, 6) is -0.287. The van der Waals surface area contributed by atoms with E-state index in [-0.39, 0.29) is 11.9 Å². The van der Waals surface area contributed by atoms with E-state index in [1.165, 1.54) is 18.0 Å². The predicted octanol–water partition coefficient (Wildman–Crippen LogP) is 2.73. The minimum absolute atomic E-state index is 0.0374. The highest BCUT2D eigenvalue weighted by Gasteiger charge is 2.11. The smallest absolute Gasteiger partial charge is 0.256 e. The summed E-state index contributed by atoms with van der Waals surface area (Å²) in [6, 6.07) is 1.74. The number of thioether (sulfide) groups is 1. The third-order valence-corrected chi connectivity index (χ3v) is 2.16. The largest absolute Gasteiger partial charge is 0.485 e. The molecule has 0 saturated heterocycles. The van der Waals surface area contributed by atoms with E-state index in [1.54, 1.807) is 6.07 Å². The van der Waals surface area contributed by atoms with Gasteiger partial charge in [0.05, 0.1) is 11.0 Å². The molecular formula is C9H12FNOS. The van der Waals surface area contributed by atoms with Crippen LogP contribution in [0.15, 0.2) is 17.2 Å². The van der Waals surface area contributed by atoms with Crippen molar-refractivity contribution in [3.63, 3.8) is 0 Å². The molecule has 0 aliphatic rings. The average molecular weight is 201 g/mol. The van der Waals surface area contributed by atoms with Gasteiger partial charge in [0.1, 0.15) is 0 Å². The lowest BCUT2D eigenvalue weighted by molar-refractivity contribution is 0.222. The average Bonchev–Trinajstić information content (AvgIpc) is 2.08. The summed E-state index contributed by atoms with van der Waals surface area (Å²) < 4.78 is 18.5. The van der Waals surface area contributed by atoms with Gasteiger partial charge < -0.3 is 4.74 Å². The van der Waals surface area contributed by atoms with Gasteiger partial charge in [-0.1, -0.05) is 0 Å². The lowest BCUT2D eigenvalue weighted by Crippen LogP contribution is -2.08. The van der Waals surface area contributed by atoms with Crippen LogP contribution in [0, 0.1) is 5.95 Å². The Morgan fingerprint density at radius 3 is 2.77 bits per heavy atom. The highest BCUT2D eigenvalue weighted by molar-refractivity contribution is 7.98. The molecule has 1 aromatic heterocycles. The predicted molar refractivity (Wildman–Crippen MR) is 51.7 cm³/mol. The quantitative estimate of drug-likeness (QED) is 0.554. The van der Waals surface area contributed by atoms with Crippen LogP contribution in [0.5, 0.6) is 5.75 Å². The fourth-order valence-corrected chi connectivity index (χ4v) is 1.42. The summed E-state index contributed by atoms with van der Waals surface area (Å²) in [7, 11) is 0. The first-order valence-electron chi connectivity index (χ1n) is 4.00. The second-order valence-corrected chi connectivity index (χ2v) is 3.65. The van der Waals surface area contributed by atoms with Crippen molar-refractivity contribution in [3.8, 4) is 5.75 Å². The highest BCUT2D eigenvalue weighted by atomic mass is 32.2. The molecule has 4 heteroatoms. The van der Waals surface area contributed by atoms with Crippen LogP contribution in [0.4, 0.5) is 4.39 Å². The molecule has 0 saturated carbocycles. The van der Waals surface area contributed by atoms with E-state index in [0.29, 0.717) is 0 Å². The molecule has 0 bridgehead atoms. The number of hydrogen-bond acceptors (Lipinski definition) is 3. The van der Waals surface area contributed by atoms with Crippen LogP contribution < -0.4 is 4.74 Å². The van der Waals surface area contributed by atoms with Gasteiger partial charge in [-0.05, 0) is 26.2 Å². The minimum Gasteiger partial charge on any atom is -0.485 e. The van der Waals surface area contributed by atoms with E-state index < -0.39 is 5.95 Å². The summed E-state index contributed by atoms with van der Waals surface area (Å²) in [6.45, 7) is 3.72. The molecule has 1 rings (SSSR count). The Morgan fingerprint density at radius 2 is 2.23 bits per heavy atom. The molecule has 0 unspecified atom stereocenters. The van der Waals surface area contributed by atoms with E-state index in [0.717, 1.165) is 4.90 Å². The zero-order valence-corrected chi connectivity index (χ0v) is 8.69. The topological polar surface area (TPSA) is 22.1 Å². The molecule has 0 aliphatic carbocycles. The Balaban J connectivity index is 3.00. The van der Waals surface area contributed by atoms with Gasteiger partial charge in [-0.15, -0.1) is 11.8 Å². The number of halogens is 1. The van der Waals surface area contributed by atoms with Gasteiger partial charge in [0, 0.05) is 6.20 Å². The van der Waals surface area contributed by atoms with Crippen molar-refractivity contribution in [3.05, 3.63) is 18.2 Å². The van der Waals surface area contributed by atoms with Crippen molar-refractivity contribution in [1.82, 2.24) is 4.98 Å². The Kier molecular flexibility index (Phi) is 3.54. The molecule has 0 amide bonds. The molecule has 0 fully saturated rings. The van der Waals surface area contributed by atoms with Gasteiger partial charge in [0.2, 0.25) is 0 Å². The first-order valence-corrected chi connectivity index (χ1v) is 5.22. The summed E-state index contributed by atoms with van der Waals surface area (Å²) >= 11 is 1.45. The van der Waals surface area contributed by atoms with Crippen LogP contribution in [0.2, 0.25) is 0 Å². The van der Waals surface area contributed by atoms with Crippen LogP contribution in [-0.4, -0.2) is 17.3 Å². The lowest BCUT2D eigenvalue weighted by atomic mass is 10.4. The van der Waals surface area contributed by atoms with Crippen LogP contribution in [0.25, 0.3) is 0 Å². The first-order chi connectivity index (χ1) is 6.15. The minimum atomic E-state index is -0.541. The van der Waals surface area contributed by atoms with E-state index in [1.807, 2.05) is 20.1 Å². The summed E-state index contributed by atoms with van der Waals surface area (Å²) in [5, 5.41) is 0. The van der Waals surface area contributed by atoms with Gasteiger partial charge in [0.25, 0.3) is 5.95 Å². The molecule has 0 radical (unpaired) electrons. The van der Waals surface area contributed by atoms with E-state index in [4.69, 9.17) is 4.74 Å². The molecule has 0 aromatic carbocycles. The Hall–Kier alpha value is -0.770. The van der Waals surface area contributed by atoms with E-state index in [2.05, 4.69) is 4.98 Å². The van der Waals surface area contributed by atoms with Crippen molar-refractivity contribution >= 4 is 11.8 Å². The Bertz CT molecular complexity index is 291. The summed E-state index contributed by atoms with van der Waals surface area (Å²) in [4.78, 5) is 4.31. The third-order valence-electron chi connectivity index (χ3n) is 1.40. The number of aromatic nitrogens is 1. The van der Waals surface area contributed by atoms with Gasteiger partial charge in [-0.25, -0.2) is 4.98 Å². The van der Waals surface area contributed by atoms with Crippen molar-refractivity contribution in [2.75, 3.05) is 6.26 Å². The third kappa shape index (κ3) is 2.59. The standard InChI is InChI=1S/C9H12FNOS/c1-6(2)12-8-7(13-3)4-5-11-9(8)10/h4-6H,1-3H3. The second-order valence-electron chi connectivity index (χ2n) is 2.80. The SMILES string of the molecule is CSc1ccnc(F)c1OC(C)C. The fourth-order valence-electron chi connectivity index (χ4n) is 0.910. The van der Waals surface area contributed by atoms with Crippen molar-refractivity contribution < 1.29 is 9.13 Å². The number of rotatable bonds is 3. The van der Waals surface area contributed by atoms with Gasteiger partial charge >= 0.3 is 0 Å². The normalized spacial score (nSPS) is 10.5. The zero-order valence-electron chi connectivity index (χ0n) is 7.87. The number of ether oxygens (including phenoxy) is 1. The van der Waals surface area contributed by atoms with Crippen molar-refractivity contribution in [2.45, 2.75) is 24.8 Å². The highest BCUT2D eigenvalue weighted by Crippen LogP contribution is 2.29. The molecule has 1 heterocycles. The molecule has 0 atom stereocenters. The van der Waals surface area contributed by atoms with Crippen LogP contribution in [0.1, 0.15) is 13.8 Å². The Morgan fingerprint density at radius 1 is 1.54 bits per heavy atom.